The second-order valence-corrected chi connectivity index (χ2v) is 4.77. The molecule has 0 amide bonds. The minimum Gasteiger partial charge on any atom is -0.497 e. The van der Waals surface area contributed by atoms with Gasteiger partial charge in [-0.2, -0.15) is 0 Å². The maximum absolute atomic E-state index is 11.9. The van der Waals surface area contributed by atoms with Crippen molar-refractivity contribution in [3.8, 4) is 5.75 Å². The summed E-state index contributed by atoms with van der Waals surface area (Å²) < 4.78 is 5.17. The third-order valence-electron chi connectivity index (χ3n) is 3.45. The zero-order valence-corrected chi connectivity index (χ0v) is 10.1. The number of ketones is 1. The molecule has 1 aromatic rings. The number of ether oxygens (including phenoxy) is 1. The number of carbonyl (C=O) groups is 1. The van der Waals surface area contributed by atoms with E-state index in [-0.39, 0.29) is 5.78 Å². The molecule has 0 saturated heterocycles. The number of fused-ring (bicyclic) bond motifs is 1. The Morgan fingerprint density at radius 3 is 2.75 bits per heavy atom. The van der Waals surface area contributed by atoms with Crippen LogP contribution < -0.4 is 4.74 Å². The van der Waals surface area contributed by atoms with E-state index in [1.165, 1.54) is 5.56 Å². The normalized spacial score (nSPS) is 19.8. The summed E-state index contributed by atoms with van der Waals surface area (Å²) in [6, 6.07) is 5.88. The van der Waals surface area contributed by atoms with Crippen LogP contribution in [0.25, 0.3) is 0 Å². The molecule has 1 aliphatic rings. The summed E-state index contributed by atoms with van der Waals surface area (Å²) in [7, 11) is 1.63. The first-order valence-corrected chi connectivity index (χ1v) is 5.84. The van der Waals surface area contributed by atoms with Crippen molar-refractivity contribution in [3.63, 3.8) is 0 Å². The first kappa shape index (κ1) is 11.2. The molecule has 0 unspecified atom stereocenters. The van der Waals surface area contributed by atoms with Gasteiger partial charge in [-0.3, -0.25) is 4.79 Å². The summed E-state index contributed by atoms with van der Waals surface area (Å²) in [5, 5.41) is 0. The average Bonchev–Trinajstić information content (AvgIpc) is 2.29. The van der Waals surface area contributed by atoms with Gasteiger partial charge in [-0.05, 0) is 36.0 Å². The molecule has 1 aromatic carbocycles. The van der Waals surface area contributed by atoms with Crippen molar-refractivity contribution in [2.45, 2.75) is 32.6 Å². The Morgan fingerprint density at radius 2 is 2.12 bits per heavy atom. The SMILES string of the molecule is COc1ccc2c(c1)C(=O)CC[C@H]2C(C)C. The van der Waals surface area contributed by atoms with Gasteiger partial charge in [0.15, 0.2) is 5.78 Å². The summed E-state index contributed by atoms with van der Waals surface area (Å²) in [5.74, 6) is 2.13. The molecule has 0 radical (unpaired) electrons. The summed E-state index contributed by atoms with van der Waals surface area (Å²) >= 11 is 0. The summed E-state index contributed by atoms with van der Waals surface area (Å²) in [6.45, 7) is 4.43. The van der Waals surface area contributed by atoms with Crippen LogP contribution in [0, 0.1) is 5.92 Å². The van der Waals surface area contributed by atoms with Crippen molar-refractivity contribution in [3.05, 3.63) is 29.3 Å². The number of hydrogen-bond acceptors (Lipinski definition) is 2. The Hall–Kier alpha value is -1.31. The van der Waals surface area contributed by atoms with E-state index < -0.39 is 0 Å². The largest absolute Gasteiger partial charge is 0.497 e. The predicted octanol–water partition coefficient (Wildman–Crippen LogP) is 3.41. The van der Waals surface area contributed by atoms with Crippen molar-refractivity contribution in [1.82, 2.24) is 0 Å². The minimum absolute atomic E-state index is 0.255. The van der Waals surface area contributed by atoms with Gasteiger partial charge in [0.2, 0.25) is 0 Å². The molecule has 0 bridgehead atoms. The van der Waals surface area contributed by atoms with Gasteiger partial charge < -0.3 is 4.74 Å². The van der Waals surface area contributed by atoms with Crippen LogP contribution >= 0.6 is 0 Å². The lowest BCUT2D eigenvalue weighted by atomic mass is 9.76. The number of methoxy groups -OCH3 is 1. The topological polar surface area (TPSA) is 26.3 Å². The molecular formula is C14H18O2. The van der Waals surface area contributed by atoms with E-state index in [1.807, 2.05) is 12.1 Å². The molecule has 2 rings (SSSR count). The molecule has 16 heavy (non-hydrogen) atoms. The fourth-order valence-electron chi connectivity index (χ4n) is 2.50. The van der Waals surface area contributed by atoms with Crippen LogP contribution in [0.1, 0.15) is 48.5 Å². The van der Waals surface area contributed by atoms with Gasteiger partial charge in [0, 0.05) is 12.0 Å². The molecule has 0 N–H and O–H groups in total. The number of benzene rings is 1. The lowest BCUT2D eigenvalue weighted by Gasteiger charge is -2.27. The van der Waals surface area contributed by atoms with Crippen LogP contribution in [0.15, 0.2) is 18.2 Å². The van der Waals surface area contributed by atoms with Gasteiger partial charge in [-0.1, -0.05) is 19.9 Å². The third-order valence-corrected chi connectivity index (χ3v) is 3.45. The lowest BCUT2D eigenvalue weighted by molar-refractivity contribution is 0.0962. The third kappa shape index (κ3) is 1.84. The summed E-state index contributed by atoms with van der Waals surface area (Å²) in [5.41, 5.74) is 2.07. The molecule has 1 atom stereocenters. The highest BCUT2D eigenvalue weighted by Gasteiger charge is 2.27. The molecule has 2 heteroatoms. The molecule has 2 nitrogen and oxygen atoms in total. The fourth-order valence-corrected chi connectivity index (χ4v) is 2.50. The van der Waals surface area contributed by atoms with Crippen LogP contribution in [-0.2, 0) is 0 Å². The molecule has 0 aromatic heterocycles. The van der Waals surface area contributed by atoms with E-state index in [4.69, 9.17) is 4.74 Å². The second-order valence-electron chi connectivity index (χ2n) is 4.77. The Labute approximate surface area is 96.6 Å². The van der Waals surface area contributed by atoms with Gasteiger partial charge in [-0.25, -0.2) is 0 Å². The van der Waals surface area contributed by atoms with Crippen molar-refractivity contribution < 1.29 is 9.53 Å². The van der Waals surface area contributed by atoms with E-state index in [0.717, 1.165) is 17.7 Å². The zero-order chi connectivity index (χ0) is 11.7. The maximum atomic E-state index is 11.9. The molecule has 0 saturated carbocycles. The van der Waals surface area contributed by atoms with Crippen LogP contribution in [-0.4, -0.2) is 12.9 Å². The Bertz CT molecular complexity index is 407. The molecule has 0 spiro atoms. The van der Waals surface area contributed by atoms with Crippen LogP contribution in [0.3, 0.4) is 0 Å². The first-order valence-electron chi connectivity index (χ1n) is 5.84. The fraction of sp³-hybridized carbons (Fsp3) is 0.500. The Balaban J connectivity index is 2.47. The molecule has 0 aliphatic heterocycles. The Kier molecular flexibility index (Phi) is 2.99. The van der Waals surface area contributed by atoms with Gasteiger partial charge in [0.25, 0.3) is 0 Å². The number of rotatable bonds is 2. The van der Waals surface area contributed by atoms with E-state index in [0.29, 0.717) is 18.3 Å². The van der Waals surface area contributed by atoms with E-state index in [2.05, 4.69) is 19.9 Å². The number of carbonyl (C=O) groups excluding carboxylic acids is 1. The number of hydrogen-bond donors (Lipinski definition) is 0. The summed E-state index contributed by atoms with van der Waals surface area (Å²) in [6.07, 6.45) is 1.65. The monoisotopic (exact) mass is 218 g/mol. The van der Waals surface area contributed by atoms with E-state index >= 15 is 0 Å². The van der Waals surface area contributed by atoms with E-state index in [9.17, 15) is 4.79 Å². The van der Waals surface area contributed by atoms with Crippen LogP contribution in [0.2, 0.25) is 0 Å². The highest BCUT2D eigenvalue weighted by molar-refractivity contribution is 5.99. The molecule has 0 fully saturated rings. The minimum atomic E-state index is 0.255. The van der Waals surface area contributed by atoms with E-state index in [1.54, 1.807) is 7.11 Å². The number of Topliss-reactive ketones (excluding diaryl/α,β-unsaturated/α-hetero) is 1. The van der Waals surface area contributed by atoms with Gasteiger partial charge >= 0.3 is 0 Å². The first-order chi connectivity index (χ1) is 7.63. The summed E-state index contributed by atoms with van der Waals surface area (Å²) in [4.78, 5) is 11.9. The maximum Gasteiger partial charge on any atom is 0.163 e. The predicted molar refractivity (Wildman–Crippen MR) is 64.1 cm³/mol. The van der Waals surface area contributed by atoms with Crippen LogP contribution in [0.4, 0.5) is 0 Å². The Morgan fingerprint density at radius 1 is 1.38 bits per heavy atom. The van der Waals surface area contributed by atoms with Gasteiger partial charge in [0.1, 0.15) is 5.75 Å². The second kappa shape index (κ2) is 4.28. The highest BCUT2D eigenvalue weighted by Crippen LogP contribution is 2.37. The molecular weight excluding hydrogens is 200 g/mol. The zero-order valence-electron chi connectivity index (χ0n) is 10.1. The highest BCUT2D eigenvalue weighted by atomic mass is 16.5. The standard InChI is InChI=1S/C14H18O2/c1-9(2)11-6-7-14(15)13-8-10(16-3)4-5-12(11)13/h4-5,8-9,11H,6-7H2,1-3H3/t11-/m0/s1. The van der Waals surface area contributed by atoms with Crippen molar-refractivity contribution >= 4 is 5.78 Å². The smallest absolute Gasteiger partial charge is 0.163 e. The molecule has 0 heterocycles. The average molecular weight is 218 g/mol. The van der Waals surface area contributed by atoms with Gasteiger partial charge in [0.05, 0.1) is 7.11 Å². The lowest BCUT2D eigenvalue weighted by Crippen LogP contribution is -2.19. The molecule has 86 valence electrons. The van der Waals surface area contributed by atoms with Gasteiger partial charge in [-0.15, -0.1) is 0 Å². The van der Waals surface area contributed by atoms with Crippen molar-refractivity contribution in [2.75, 3.05) is 7.11 Å². The quantitative estimate of drug-likeness (QED) is 0.760. The van der Waals surface area contributed by atoms with Crippen molar-refractivity contribution in [1.29, 1.82) is 0 Å². The molecule has 1 aliphatic carbocycles. The van der Waals surface area contributed by atoms with Crippen molar-refractivity contribution in [2.24, 2.45) is 5.92 Å². The van der Waals surface area contributed by atoms with Crippen LogP contribution in [0.5, 0.6) is 5.75 Å².